The molecule has 0 atom stereocenters. The quantitative estimate of drug-likeness (QED) is 0.501. The van der Waals surface area contributed by atoms with Crippen molar-refractivity contribution in [1.82, 2.24) is 0 Å². The molecule has 0 aliphatic carbocycles. The van der Waals surface area contributed by atoms with Gasteiger partial charge in [-0.05, 0) is 0 Å². The zero-order chi connectivity index (χ0) is 0. The van der Waals surface area contributed by atoms with Gasteiger partial charge in [-0.15, -0.1) is 0 Å². The average molecular weight is 289 g/mol. The van der Waals surface area contributed by atoms with Crippen LogP contribution in [0.5, 0.6) is 0 Å². The summed E-state index contributed by atoms with van der Waals surface area (Å²) < 4.78 is 0. The molecule has 0 spiro atoms. The molecule has 0 saturated heterocycles. The van der Waals surface area contributed by atoms with Crippen molar-refractivity contribution in [3.8, 4) is 0 Å². The Morgan fingerprint density at radius 3 is 1.00 bits per heavy atom. The SMILES string of the molecule is O.[In].[Zn].[Zr]. The first kappa shape index (κ1) is 33.1. The van der Waals surface area contributed by atoms with Crippen molar-refractivity contribution in [3.05, 3.63) is 0 Å². The van der Waals surface area contributed by atoms with Gasteiger partial charge in [0.15, 0.2) is 0 Å². The predicted octanol–water partition coefficient (Wildman–Crippen LogP) is -1.21. The van der Waals surface area contributed by atoms with Gasteiger partial charge in [0.05, 0.1) is 0 Å². The van der Waals surface area contributed by atoms with E-state index < -0.39 is 0 Å². The Bertz CT molecular complexity index is 8.00. The molecule has 0 unspecified atom stereocenters. The first-order chi connectivity index (χ1) is 0. The van der Waals surface area contributed by atoms with E-state index in [1.165, 1.54) is 0 Å². The first-order valence-corrected chi connectivity index (χ1v) is 0. The molecule has 0 fully saturated rings. The number of hydrogen-bond acceptors (Lipinski definition) is 0. The van der Waals surface area contributed by atoms with Crippen molar-refractivity contribution in [2.45, 2.75) is 0 Å². The third-order valence-electron chi connectivity index (χ3n) is 0. The summed E-state index contributed by atoms with van der Waals surface area (Å²) in [7, 11) is 0. The normalized spacial score (nSPS) is 0. The third kappa shape index (κ3) is 8.84. The van der Waals surface area contributed by atoms with Crippen LogP contribution in [0.2, 0.25) is 0 Å². The Morgan fingerprint density at radius 1 is 1.00 bits per heavy atom. The van der Waals surface area contributed by atoms with E-state index in [4.69, 9.17) is 0 Å². The molecule has 0 amide bonds. The monoisotopic (exact) mass is 287 g/mol. The standard InChI is InChI=1S/In.H2O.Zn.Zr/h;1H2;;. The van der Waals surface area contributed by atoms with Crippen LogP contribution >= 0.6 is 0 Å². The van der Waals surface area contributed by atoms with Gasteiger partial charge in [0.1, 0.15) is 0 Å². The second-order valence-electron chi connectivity index (χ2n) is 0. The van der Waals surface area contributed by atoms with Crippen LogP contribution in [-0.4, -0.2) is 31.3 Å². The Labute approximate surface area is 75.9 Å². The number of hydrogen-bond donors (Lipinski definition) is 0. The molecule has 0 rings (SSSR count). The van der Waals surface area contributed by atoms with Crippen molar-refractivity contribution in [3.63, 3.8) is 0 Å². The molecule has 0 aromatic carbocycles. The first-order valence-electron chi connectivity index (χ1n) is 0. The second kappa shape index (κ2) is 18.4. The van der Waals surface area contributed by atoms with Gasteiger partial charge in [0, 0.05) is 71.5 Å². The Balaban J connectivity index is 0. The summed E-state index contributed by atoms with van der Waals surface area (Å²) in [4.78, 5) is 0. The van der Waals surface area contributed by atoms with Gasteiger partial charge in [-0.1, -0.05) is 0 Å². The molecule has 0 aromatic rings. The fourth-order valence-electron chi connectivity index (χ4n) is 0. The fourth-order valence-corrected chi connectivity index (χ4v) is 0. The smallest absolute Gasteiger partial charge is 0 e. The summed E-state index contributed by atoms with van der Waals surface area (Å²) in [6, 6.07) is 0. The molecule has 0 aliphatic heterocycles. The van der Waals surface area contributed by atoms with Crippen LogP contribution < -0.4 is 0 Å². The maximum atomic E-state index is 0. The van der Waals surface area contributed by atoms with Gasteiger partial charge < -0.3 is 5.48 Å². The van der Waals surface area contributed by atoms with Crippen LogP contribution in [0, 0.1) is 0 Å². The summed E-state index contributed by atoms with van der Waals surface area (Å²) >= 11 is 0. The Hall–Kier alpha value is 2.34. The minimum absolute atomic E-state index is 0. The molecular formula is H2InOZnZr. The van der Waals surface area contributed by atoms with E-state index >= 15 is 0 Å². The van der Waals surface area contributed by atoms with Gasteiger partial charge in [-0.25, -0.2) is 0 Å². The van der Waals surface area contributed by atoms with Gasteiger partial charge in [0.2, 0.25) is 0 Å². The third-order valence-corrected chi connectivity index (χ3v) is 0. The molecule has 3 radical (unpaired) electrons. The van der Waals surface area contributed by atoms with Gasteiger partial charge in [0.25, 0.3) is 0 Å². The van der Waals surface area contributed by atoms with E-state index in [1.807, 2.05) is 0 Å². The maximum Gasteiger partial charge on any atom is 0 e. The van der Waals surface area contributed by atoms with Crippen molar-refractivity contribution in [1.29, 1.82) is 0 Å². The van der Waals surface area contributed by atoms with Crippen molar-refractivity contribution < 1.29 is 51.2 Å². The van der Waals surface area contributed by atoms with Crippen molar-refractivity contribution in [2.75, 3.05) is 0 Å². The molecule has 0 saturated carbocycles. The summed E-state index contributed by atoms with van der Waals surface area (Å²) in [5, 5.41) is 0. The van der Waals surface area contributed by atoms with E-state index in [9.17, 15) is 0 Å². The summed E-state index contributed by atoms with van der Waals surface area (Å²) in [6.07, 6.45) is 0. The van der Waals surface area contributed by atoms with E-state index in [2.05, 4.69) is 0 Å². The predicted molar refractivity (Wildman–Crippen MR) is 9.37 cm³/mol. The minimum atomic E-state index is 0. The summed E-state index contributed by atoms with van der Waals surface area (Å²) in [5.74, 6) is 0. The summed E-state index contributed by atoms with van der Waals surface area (Å²) in [5.41, 5.74) is 0. The molecular weight excluding hydrogens is 287 g/mol. The van der Waals surface area contributed by atoms with Crippen LogP contribution in [0.25, 0.3) is 0 Å². The molecule has 0 aromatic heterocycles. The van der Waals surface area contributed by atoms with E-state index in [-0.39, 0.29) is 77.0 Å². The van der Waals surface area contributed by atoms with Crippen LogP contribution in [0.3, 0.4) is 0 Å². The molecule has 0 heterocycles. The maximum absolute atomic E-state index is 0. The largest absolute Gasteiger partial charge is 0.412 e. The van der Waals surface area contributed by atoms with Gasteiger partial charge >= 0.3 is 0 Å². The van der Waals surface area contributed by atoms with Crippen LogP contribution in [-0.2, 0) is 45.7 Å². The number of rotatable bonds is 0. The van der Waals surface area contributed by atoms with Crippen molar-refractivity contribution in [2.24, 2.45) is 0 Å². The van der Waals surface area contributed by atoms with Crippen LogP contribution in [0.1, 0.15) is 0 Å². The van der Waals surface area contributed by atoms with Crippen molar-refractivity contribution >= 4 is 25.8 Å². The molecule has 4 heavy (non-hydrogen) atoms. The molecule has 17 valence electrons. The van der Waals surface area contributed by atoms with Crippen LogP contribution in [0.4, 0.5) is 0 Å². The molecule has 0 aliphatic rings. The zero-order valence-electron chi connectivity index (χ0n) is 2.28. The second-order valence-corrected chi connectivity index (χ2v) is 0. The minimum Gasteiger partial charge on any atom is -0.412 e. The fraction of sp³-hybridized carbons (Fsp3) is 0. The Kier molecular flexibility index (Phi) is 152. The van der Waals surface area contributed by atoms with Gasteiger partial charge in [-0.2, -0.15) is 0 Å². The van der Waals surface area contributed by atoms with E-state index in [0.29, 0.717) is 0 Å². The van der Waals surface area contributed by atoms with Gasteiger partial charge in [-0.3, -0.25) is 0 Å². The topological polar surface area (TPSA) is 31.5 Å². The molecule has 1 nitrogen and oxygen atoms in total. The molecule has 0 bridgehead atoms. The zero-order valence-corrected chi connectivity index (χ0v) is 11.0. The van der Waals surface area contributed by atoms with Crippen LogP contribution in [0.15, 0.2) is 0 Å². The van der Waals surface area contributed by atoms with E-state index in [0.717, 1.165) is 0 Å². The van der Waals surface area contributed by atoms with E-state index in [1.54, 1.807) is 0 Å². The summed E-state index contributed by atoms with van der Waals surface area (Å²) in [6.45, 7) is 0. The molecule has 2 N–H and O–H groups in total. The molecule has 4 heteroatoms. The average Bonchev–Trinajstić information content (AvgIpc) is 0. The Morgan fingerprint density at radius 2 is 1.00 bits per heavy atom.